The zero-order chi connectivity index (χ0) is 15.0. The minimum absolute atomic E-state index is 0.135. The lowest BCUT2D eigenvalue weighted by Crippen LogP contribution is -2.12. The van der Waals surface area contributed by atoms with Gasteiger partial charge in [-0.1, -0.05) is 17.7 Å². The van der Waals surface area contributed by atoms with E-state index in [-0.39, 0.29) is 10.9 Å². The van der Waals surface area contributed by atoms with Crippen molar-refractivity contribution in [2.45, 2.75) is 0 Å². The first-order valence-electron chi connectivity index (χ1n) is 6.07. The summed E-state index contributed by atoms with van der Waals surface area (Å²) in [4.78, 5) is 15.3. The molecule has 0 saturated heterocycles. The number of aromatic amines is 1. The topological polar surface area (TPSA) is 44.9 Å². The number of nitrogens with one attached hydrogen (secondary N) is 2. The molecule has 0 unspecified atom stereocenters. The number of fused-ring (bicyclic) bond motifs is 1. The lowest BCUT2D eigenvalue weighted by atomic mass is 10.1. The molecule has 2 N–H and O–H groups in total. The van der Waals surface area contributed by atoms with Crippen LogP contribution in [0.4, 0.5) is 10.1 Å². The van der Waals surface area contributed by atoms with Crippen LogP contribution in [0, 0.1) is 5.82 Å². The summed E-state index contributed by atoms with van der Waals surface area (Å²) < 4.78 is 13.6. The van der Waals surface area contributed by atoms with E-state index >= 15 is 0 Å². The molecule has 0 fully saturated rings. The molecule has 1 aromatic heterocycles. The number of benzene rings is 2. The molecule has 21 heavy (non-hydrogen) atoms. The molecule has 0 atom stereocenters. The van der Waals surface area contributed by atoms with Gasteiger partial charge in [-0.3, -0.25) is 4.79 Å². The van der Waals surface area contributed by atoms with Crippen molar-refractivity contribution in [3.05, 3.63) is 63.5 Å². The molecule has 0 aliphatic rings. The summed E-state index contributed by atoms with van der Waals surface area (Å²) in [7, 11) is 0. The number of hydrogen-bond donors (Lipinski definition) is 2. The first kappa shape index (κ1) is 14.1. The van der Waals surface area contributed by atoms with Crippen LogP contribution in [0.3, 0.4) is 0 Å². The van der Waals surface area contributed by atoms with Crippen LogP contribution in [0.15, 0.2) is 47.1 Å². The van der Waals surface area contributed by atoms with Gasteiger partial charge in [0.2, 0.25) is 0 Å². The number of H-pyrrole nitrogens is 1. The molecule has 1 heterocycles. The highest BCUT2D eigenvalue weighted by Gasteiger charge is 2.13. The van der Waals surface area contributed by atoms with E-state index in [0.29, 0.717) is 15.7 Å². The number of anilines is 1. The predicted molar refractivity (Wildman–Crippen MR) is 85.4 cm³/mol. The first-order valence-corrected chi connectivity index (χ1v) is 7.25. The fourth-order valence-electron chi connectivity index (χ4n) is 2.04. The molecule has 3 rings (SSSR count). The van der Waals surface area contributed by atoms with Crippen LogP contribution in [0.2, 0.25) is 5.02 Å². The number of aromatic nitrogens is 1. The molecule has 1 amide bonds. The number of carbonyl (C=O) groups excluding carboxylic acids is 1. The van der Waals surface area contributed by atoms with E-state index in [4.69, 9.17) is 11.6 Å². The van der Waals surface area contributed by atoms with E-state index in [2.05, 4.69) is 26.2 Å². The van der Waals surface area contributed by atoms with E-state index in [1.165, 1.54) is 6.07 Å². The molecular weight excluding hydrogens is 359 g/mol. The summed E-state index contributed by atoms with van der Waals surface area (Å²) in [5.41, 5.74) is 1.69. The third-order valence-electron chi connectivity index (χ3n) is 3.06. The maximum Gasteiger partial charge on any atom is 0.255 e. The molecule has 0 bridgehead atoms. The lowest BCUT2D eigenvalue weighted by molar-refractivity contribution is 0.102. The second kappa shape index (κ2) is 5.50. The molecule has 0 aliphatic carbocycles. The van der Waals surface area contributed by atoms with Crippen LogP contribution < -0.4 is 5.32 Å². The Morgan fingerprint density at radius 2 is 2.05 bits per heavy atom. The molecule has 106 valence electrons. The number of amides is 1. The Labute approximate surface area is 133 Å². The standard InChI is InChI=1S/C15H9BrClFN2O/c16-11-6-10(18)7-12(17)14(11)20-15(21)9-2-1-8-3-4-19-13(8)5-9/h1-7,19H,(H,20,21). The Kier molecular flexibility index (Phi) is 3.69. The maximum absolute atomic E-state index is 13.2. The summed E-state index contributed by atoms with van der Waals surface area (Å²) in [5.74, 6) is -0.793. The number of carbonyl (C=O) groups is 1. The van der Waals surface area contributed by atoms with Gasteiger partial charge in [-0.05, 0) is 51.6 Å². The van der Waals surface area contributed by atoms with Gasteiger partial charge in [-0.2, -0.15) is 0 Å². The van der Waals surface area contributed by atoms with Gasteiger partial charge in [-0.25, -0.2) is 4.39 Å². The highest BCUT2D eigenvalue weighted by Crippen LogP contribution is 2.32. The highest BCUT2D eigenvalue weighted by atomic mass is 79.9. The minimum atomic E-state index is -0.474. The van der Waals surface area contributed by atoms with Crippen LogP contribution in [0.5, 0.6) is 0 Å². The van der Waals surface area contributed by atoms with Crippen LogP contribution in [0.25, 0.3) is 10.9 Å². The molecule has 0 aliphatic heterocycles. The minimum Gasteiger partial charge on any atom is -0.361 e. The maximum atomic E-state index is 13.2. The van der Waals surface area contributed by atoms with Crippen LogP contribution in [-0.4, -0.2) is 10.9 Å². The molecule has 0 spiro atoms. The van der Waals surface area contributed by atoms with Gasteiger partial charge < -0.3 is 10.3 Å². The average Bonchev–Trinajstić information content (AvgIpc) is 2.89. The Bertz CT molecular complexity index is 824. The van der Waals surface area contributed by atoms with Crippen molar-refractivity contribution >= 4 is 50.0 Å². The molecule has 3 nitrogen and oxygen atoms in total. The number of rotatable bonds is 2. The zero-order valence-electron chi connectivity index (χ0n) is 10.6. The van der Waals surface area contributed by atoms with Crippen molar-refractivity contribution in [3.8, 4) is 0 Å². The van der Waals surface area contributed by atoms with Gasteiger partial charge >= 0.3 is 0 Å². The van der Waals surface area contributed by atoms with Crippen LogP contribution in [0.1, 0.15) is 10.4 Å². The molecule has 2 aromatic carbocycles. The normalized spacial score (nSPS) is 10.8. The Morgan fingerprint density at radius 1 is 1.24 bits per heavy atom. The quantitative estimate of drug-likeness (QED) is 0.659. The monoisotopic (exact) mass is 366 g/mol. The summed E-state index contributed by atoms with van der Waals surface area (Å²) in [6.45, 7) is 0. The largest absolute Gasteiger partial charge is 0.361 e. The summed E-state index contributed by atoms with van der Waals surface area (Å²) in [5, 5.41) is 3.84. The van der Waals surface area contributed by atoms with Gasteiger partial charge in [0.05, 0.1) is 10.7 Å². The number of halogens is 3. The van der Waals surface area contributed by atoms with E-state index < -0.39 is 5.82 Å². The van der Waals surface area contributed by atoms with E-state index in [9.17, 15) is 9.18 Å². The molecule has 6 heteroatoms. The molecule has 3 aromatic rings. The van der Waals surface area contributed by atoms with E-state index in [1.54, 1.807) is 18.3 Å². The van der Waals surface area contributed by atoms with Crippen molar-refractivity contribution in [1.82, 2.24) is 4.98 Å². The van der Waals surface area contributed by atoms with Crippen LogP contribution >= 0.6 is 27.5 Å². The van der Waals surface area contributed by atoms with Crippen molar-refractivity contribution in [1.29, 1.82) is 0 Å². The second-order valence-electron chi connectivity index (χ2n) is 4.48. The molecule has 0 saturated carbocycles. The third kappa shape index (κ3) is 2.80. The van der Waals surface area contributed by atoms with Crippen LogP contribution in [-0.2, 0) is 0 Å². The summed E-state index contributed by atoms with van der Waals surface area (Å²) in [6.07, 6.45) is 1.81. The van der Waals surface area contributed by atoms with Crippen molar-refractivity contribution in [2.75, 3.05) is 5.32 Å². The summed E-state index contributed by atoms with van der Waals surface area (Å²) in [6, 6.07) is 9.63. The second-order valence-corrected chi connectivity index (χ2v) is 5.74. The van der Waals surface area contributed by atoms with Crippen molar-refractivity contribution in [3.63, 3.8) is 0 Å². The van der Waals surface area contributed by atoms with Gasteiger partial charge in [0.15, 0.2) is 0 Å². The Balaban J connectivity index is 1.92. The predicted octanol–water partition coefficient (Wildman–Crippen LogP) is 4.98. The summed E-state index contributed by atoms with van der Waals surface area (Å²) >= 11 is 9.14. The fraction of sp³-hybridized carbons (Fsp3) is 0. The van der Waals surface area contributed by atoms with Gasteiger partial charge in [0.1, 0.15) is 5.82 Å². The van der Waals surface area contributed by atoms with Gasteiger partial charge in [0, 0.05) is 21.7 Å². The van der Waals surface area contributed by atoms with E-state index in [0.717, 1.165) is 17.0 Å². The average molecular weight is 368 g/mol. The Hall–Kier alpha value is -1.85. The Morgan fingerprint density at radius 3 is 2.81 bits per heavy atom. The van der Waals surface area contributed by atoms with Gasteiger partial charge in [0.25, 0.3) is 5.91 Å². The zero-order valence-corrected chi connectivity index (χ0v) is 12.9. The molecule has 0 radical (unpaired) electrons. The fourth-order valence-corrected chi connectivity index (χ4v) is 2.94. The lowest BCUT2D eigenvalue weighted by Gasteiger charge is -2.10. The third-order valence-corrected chi connectivity index (χ3v) is 3.99. The van der Waals surface area contributed by atoms with Crippen molar-refractivity contribution in [2.24, 2.45) is 0 Å². The smallest absolute Gasteiger partial charge is 0.255 e. The van der Waals surface area contributed by atoms with Gasteiger partial charge in [-0.15, -0.1) is 0 Å². The number of hydrogen-bond acceptors (Lipinski definition) is 1. The first-order chi connectivity index (χ1) is 10.0. The molecular formula is C15H9BrClFN2O. The highest BCUT2D eigenvalue weighted by molar-refractivity contribution is 9.10. The SMILES string of the molecule is O=C(Nc1c(Cl)cc(F)cc1Br)c1ccc2cc[nH]c2c1. The van der Waals surface area contributed by atoms with Crippen molar-refractivity contribution < 1.29 is 9.18 Å². The van der Waals surface area contributed by atoms with E-state index in [1.807, 2.05) is 12.1 Å².